The Morgan fingerprint density at radius 3 is 2.74 bits per heavy atom. The molecule has 5 rings (SSSR count). The van der Waals surface area contributed by atoms with Crippen molar-refractivity contribution in [2.75, 3.05) is 50.1 Å². The maximum absolute atomic E-state index is 11.8. The van der Waals surface area contributed by atoms with Crippen LogP contribution in [-0.4, -0.2) is 69.2 Å². The minimum atomic E-state index is -0.471. The number of fused-ring (bicyclic) bond motifs is 1. The fourth-order valence-corrected chi connectivity index (χ4v) is 4.22. The summed E-state index contributed by atoms with van der Waals surface area (Å²) >= 11 is 6.44. The molecule has 1 saturated heterocycles. The summed E-state index contributed by atoms with van der Waals surface area (Å²) in [7, 11) is 0. The van der Waals surface area contributed by atoms with Gasteiger partial charge in [-0.1, -0.05) is 17.7 Å². The summed E-state index contributed by atoms with van der Waals surface area (Å²) in [5, 5.41) is 19.0. The van der Waals surface area contributed by atoms with Gasteiger partial charge in [0, 0.05) is 38.0 Å². The number of nitrogens with one attached hydrogen (secondary N) is 2. The van der Waals surface area contributed by atoms with Crippen molar-refractivity contribution < 1.29 is 14.4 Å². The first kappa shape index (κ1) is 25.5. The fourth-order valence-electron chi connectivity index (χ4n) is 3.99. The first-order valence-corrected chi connectivity index (χ1v) is 12.4. The minimum Gasteiger partial charge on any atom is -0.485 e. The lowest BCUT2D eigenvalue weighted by molar-refractivity contribution is -0.385. The number of nitro benzene ring substituents is 1. The largest absolute Gasteiger partial charge is 0.485 e. The summed E-state index contributed by atoms with van der Waals surface area (Å²) in [6.45, 7) is 4.40. The third-order valence-corrected chi connectivity index (χ3v) is 6.24. The number of halogens is 1. The van der Waals surface area contributed by atoms with E-state index in [1.807, 2.05) is 18.2 Å². The lowest BCUT2D eigenvalue weighted by Gasteiger charge is -2.26. The van der Waals surface area contributed by atoms with E-state index in [1.165, 1.54) is 12.4 Å². The highest BCUT2D eigenvalue weighted by atomic mass is 35.5. The van der Waals surface area contributed by atoms with E-state index in [0.29, 0.717) is 66.2 Å². The Morgan fingerprint density at radius 2 is 1.97 bits per heavy atom. The molecule has 0 amide bonds. The van der Waals surface area contributed by atoms with Crippen LogP contribution in [0.5, 0.6) is 5.75 Å². The Balaban J connectivity index is 1.32. The van der Waals surface area contributed by atoms with Gasteiger partial charge in [0.05, 0.1) is 58.2 Å². The molecule has 0 saturated carbocycles. The van der Waals surface area contributed by atoms with Crippen molar-refractivity contribution in [2.45, 2.75) is 6.54 Å². The molecule has 1 fully saturated rings. The van der Waals surface area contributed by atoms with Crippen LogP contribution < -0.4 is 15.4 Å². The average molecular weight is 537 g/mol. The zero-order valence-electron chi connectivity index (χ0n) is 20.3. The van der Waals surface area contributed by atoms with Gasteiger partial charge in [0.15, 0.2) is 5.75 Å². The number of pyridine rings is 2. The molecule has 1 aliphatic heterocycles. The van der Waals surface area contributed by atoms with E-state index in [9.17, 15) is 10.1 Å². The topological polar surface area (TPSA) is 140 Å². The number of benzene rings is 1. The van der Waals surface area contributed by atoms with Gasteiger partial charge in [0.2, 0.25) is 0 Å². The Kier molecular flexibility index (Phi) is 8.02. The van der Waals surface area contributed by atoms with E-state index in [-0.39, 0.29) is 11.4 Å². The van der Waals surface area contributed by atoms with Crippen molar-refractivity contribution in [1.29, 1.82) is 0 Å². The van der Waals surface area contributed by atoms with Crippen LogP contribution in [0.3, 0.4) is 0 Å². The molecule has 12 nitrogen and oxygen atoms in total. The third-order valence-electron chi connectivity index (χ3n) is 5.95. The fraction of sp³-hybridized carbons (Fsp3) is 0.280. The van der Waals surface area contributed by atoms with Crippen LogP contribution in [0.15, 0.2) is 55.1 Å². The lowest BCUT2D eigenvalue weighted by atomic mass is 10.2. The molecule has 1 aromatic carbocycles. The van der Waals surface area contributed by atoms with Gasteiger partial charge in [0.25, 0.3) is 0 Å². The Hall–Kier alpha value is -4.13. The number of morpholine rings is 1. The molecule has 0 radical (unpaired) electrons. The van der Waals surface area contributed by atoms with Crippen molar-refractivity contribution >= 4 is 45.5 Å². The monoisotopic (exact) mass is 536 g/mol. The van der Waals surface area contributed by atoms with Crippen molar-refractivity contribution in [3.63, 3.8) is 0 Å². The molecule has 0 atom stereocenters. The molecule has 1 aliphatic rings. The van der Waals surface area contributed by atoms with Crippen LogP contribution in [0.1, 0.15) is 5.69 Å². The van der Waals surface area contributed by atoms with E-state index in [4.69, 9.17) is 21.1 Å². The molecule has 196 valence electrons. The lowest BCUT2D eigenvalue weighted by Crippen LogP contribution is -2.38. The number of nitro groups is 1. The summed E-state index contributed by atoms with van der Waals surface area (Å²) in [5.74, 6) is 1.04. The van der Waals surface area contributed by atoms with Crippen molar-refractivity contribution in [3.05, 3.63) is 76.0 Å². The number of hydrogen-bond donors (Lipinski definition) is 2. The summed E-state index contributed by atoms with van der Waals surface area (Å²) < 4.78 is 11.2. The zero-order chi connectivity index (χ0) is 26.3. The second-order valence-corrected chi connectivity index (χ2v) is 8.88. The van der Waals surface area contributed by atoms with Crippen LogP contribution in [0, 0.1) is 10.1 Å². The molecule has 0 aliphatic carbocycles. The Morgan fingerprint density at radius 1 is 1.11 bits per heavy atom. The van der Waals surface area contributed by atoms with Crippen molar-refractivity contribution in [1.82, 2.24) is 24.8 Å². The molecule has 0 spiro atoms. The summed E-state index contributed by atoms with van der Waals surface area (Å²) in [4.78, 5) is 30.8. The molecule has 38 heavy (non-hydrogen) atoms. The molecule has 0 unspecified atom stereocenters. The number of anilines is 3. The summed E-state index contributed by atoms with van der Waals surface area (Å²) in [6, 6.07) is 10.3. The second kappa shape index (κ2) is 11.9. The highest BCUT2D eigenvalue weighted by Crippen LogP contribution is 2.35. The molecule has 3 aromatic heterocycles. The maximum Gasteiger partial charge on any atom is 0.311 e. The van der Waals surface area contributed by atoms with Gasteiger partial charge in [0.1, 0.15) is 24.6 Å². The smallest absolute Gasteiger partial charge is 0.311 e. The number of aromatic nitrogens is 4. The van der Waals surface area contributed by atoms with E-state index in [0.717, 1.165) is 18.8 Å². The predicted molar refractivity (Wildman–Crippen MR) is 143 cm³/mol. The quantitative estimate of drug-likeness (QED) is 0.224. The van der Waals surface area contributed by atoms with Crippen LogP contribution in [0.25, 0.3) is 10.9 Å². The number of ether oxygens (including phenoxy) is 2. The minimum absolute atomic E-state index is 0.161. The van der Waals surface area contributed by atoms with Crippen molar-refractivity contribution in [2.24, 2.45) is 0 Å². The summed E-state index contributed by atoms with van der Waals surface area (Å²) in [5.41, 5.74) is 1.75. The zero-order valence-corrected chi connectivity index (χ0v) is 21.1. The van der Waals surface area contributed by atoms with E-state index in [2.05, 4.69) is 35.5 Å². The summed E-state index contributed by atoms with van der Waals surface area (Å²) in [6.07, 6.45) is 4.69. The van der Waals surface area contributed by atoms with E-state index in [1.54, 1.807) is 24.5 Å². The van der Waals surface area contributed by atoms with Gasteiger partial charge in [-0.15, -0.1) is 0 Å². The third kappa shape index (κ3) is 6.22. The molecule has 13 heteroatoms. The van der Waals surface area contributed by atoms with Crippen LogP contribution in [0.2, 0.25) is 5.02 Å². The molecule has 4 heterocycles. The first-order chi connectivity index (χ1) is 18.6. The SMILES string of the molecule is O=[N+]([O-])c1cc2c(Nc3cnc(NCc4ccccn4)c(Cl)c3)ncnc2cc1OCCN1CCOCC1. The van der Waals surface area contributed by atoms with Gasteiger partial charge in [-0.05, 0) is 18.2 Å². The highest BCUT2D eigenvalue weighted by molar-refractivity contribution is 6.33. The highest BCUT2D eigenvalue weighted by Gasteiger charge is 2.20. The van der Waals surface area contributed by atoms with E-state index < -0.39 is 4.92 Å². The van der Waals surface area contributed by atoms with Gasteiger partial charge in [-0.25, -0.2) is 15.0 Å². The number of rotatable bonds is 10. The molecule has 2 N–H and O–H groups in total. The van der Waals surface area contributed by atoms with Gasteiger partial charge in [-0.3, -0.25) is 20.0 Å². The Bertz CT molecular complexity index is 1420. The van der Waals surface area contributed by atoms with Gasteiger partial charge < -0.3 is 20.1 Å². The molecular weight excluding hydrogens is 512 g/mol. The standard InChI is InChI=1S/C25H25ClN8O4/c26-20-11-18(15-29-25(20)28-14-17-3-1-2-4-27-17)32-24-19-12-22(34(35)36)23(13-21(19)30-16-31-24)38-10-7-33-5-8-37-9-6-33/h1-4,11-13,15-16H,5-10,14H2,(H,28,29)(H,30,31,32). The van der Waals surface area contributed by atoms with Crippen LogP contribution in [0.4, 0.5) is 23.0 Å². The maximum atomic E-state index is 11.8. The van der Waals surface area contributed by atoms with Crippen molar-refractivity contribution in [3.8, 4) is 5.75 Å². The first-order valence-electron chi connectivity index (χ1n) is 12.0. The second-order valence-electron chi connectivity index (χ2n) is 8.47. The van der Waals surface area contributed by atoms with Gasteiger partial charge >= 0.3 is 5.69 Å². The molecular formula is C25H25ClN8O4. The van der Waals surface area contributed by atoms with Crippen LogP contribution >= 0.6 is 11.6 Å². The molecule has 4 aromatic rings. The van der Waals surface area contributed by atoms with Gasteiger partial charge in [-0.2, -0.15) is 0 Å². The average Bonchev–Trinajstić information content (AvgIpc) is 2.93. The van der Waals surface area contributed by atoms with Crippen LogP contribution in [-0.2, 0) is 11.3 Å². The molecule has 0 bridgehead atoms. The Labute approximate surface area is 223 Å². The normalized spacial score (nSPS) is 13.8. The number of nitrogens with zero attached hydrogens (tertiary/aromatic N) is 6. The van der Waals surface area contributed by atoms with E-state index >= 15 is 0 Å². The number of hydrogen-bond acceptors (Lipinski definition) is 11. The predicted octanol–water partition coefficient (Wildman–Crippen LogP) is 4.05.